The maximum absolute atomic E-state index is 10.5. The molecule has 2 N–H and O–H groups in total. The SMILES string of the molecule is O=C(O)c1coc(NCCc2ccco2)n1. The molecule has 0 bridgehead atoms. The number of oxazole rings is 1. The van der Waals surface area contributed by atoms with Gasteiger partial charge in [-0.15, -0.1) is 0 Å². The molecule has 0 amide bonds. The van der Waals surface area contributed by atoms with Crippen molar-refractivity contribution in [3.63, 3.8) is 0 Å². The molecule has 84 valence electrons. The van der Waals surface area contributed by atoms with E-state index in [-0.39, 0.29) is 11.7 Å². The Hall–Kier alpha value is -2.24. The van der Waals surface area contributed by atoms with Crippen molar-refractivity contribution in [3.8, 4) is 0 Å². The Morgan fingerprint density at radius 3 is 3.00 bits per heavy atom. The third-order valence-corrected chi connectivity index (χ3v) is 1.95. The van der Waals surface area contributed by atoms with E-state index in [9.17, 15) is 4.79 Å². The van der Waals surface area contributed by atoms with E-state index in [4.69, 9.17) is 13.9 Å². The Kier molecular flexibility index (Phi) is 2.90. The van der Waals surface area contributed by atoms with Crippen LogP contribution in [0, 0.1) is 0 Å². The molecule has 0 saturated carbocycles. The molecule has 2 aromatic heterocycles. The number of hydrogen-bond donors (Lipinski definition) is 2. The summed E-state index contributed by atoms with van der Waals surface area (Å²) in [4.78, 5) is 14.2. The number of nitrogens with zero attached hydrogens (tertiary/aromatic N) is 1. The lowest BCUT2D eigenvalue weighted by Crippen LogP contribution is -2.05. The molecule has 0 spiro atoms. The number of carbonyl (C=O) groups is 1. The van der Waals surface area contributed by atoms with E-state index in [0.717, 1.165) is 12.0 Å². The van der Waals surface area contributed by atoms with E-state index in [1.165, 1.54) is 0 Å². The zero-order valence-corrected chi connectivity index (χ0v) is 8.34. The first-order valence-corrected chi connectivity index (χ1v) is 4.71. The fourth-order valence-electron chi connectivity index (χ4n) is 1.20. The molecule has 0 aliphatic heterocycles. The van der Waals surface area contributed by atoms with Crippen molar-refractivity contribution in [2.45, 2.75) is 6.42 Å². The summed E-state index contributed by atoms with van der Waals surface area (Å²) in [6, 6.07) is 3.87. The first-order valence-electron chi connectivity index (χ1n) is 4.71. The highest BCUT2D eigenvalue weighted by Gasteiger charge is 2.09. The summed E-state index contributed by atoms with van der Waals surface area (Å²) in [7, 11) is 0. The Morgan fingerprint density at radius 1 is 1.50 bits per heavy atom. The summed E-state index contributed by atoms with van der Waals surface area (Å²) in [5.74, 6) is -0.264. The van der Waals surface area contributed by atoms with Gasteiger partial charge in [0.25, 0.3) is 6.01 Å². The highest BCUT2D eigenvalue weighted by Crippen LogP contribution is 2.08. The van der Waals surface area contributed by atoms with E-state index >= 15 is 0 Å². The lowest BCUT2D eigenvalue weighted by atomic mass is 10.3. The molecule has 6 nitrogen and oxygen atoms in total. The average molecular weight is 222 g/mol. The topological polar surface area (TPSA) is 88.5 Å². The Bertz CT molecular complexity index is 461. The quantitative estimate of drug-likeness (QED) is 0.799. The van der Waals surface area contributed by atoms with Crippen LogP contribution in [0.5, 0.6) is 0 Å². The summed E-state index contributed by atoms with van der Waals surface area (Å²) >= 11 is 0. The third-order valence-electron chi connectivity index (χ3n) is 1.95. The van der Waals surface area contributed by atoms with Crippen LogP contribution in [0.25, 0.3) is 0 Å². The number of nitrogens with one attached hydrogen (secondary N) is 1. The molecular weight excluding hydrogens is 212 g/mol. The van der Waals surface area contributed by atoms with Gasteiger partial charge in [-0.3, -0.25) is 0 Å². The summed E-state index contributed by atoms with van der Waals surface area (Å²) in [5.41, 5.74) is -0.111. The molecule has 0 aromatic carbocycles. The molecule has 0 aliphatic carbocycles. The first-order chi connectivity index (χ1) is 7.75. The van der Waals surface area contributed by atoms with Gasteiger partial charge in [-0.2, -0.15) is 4.98 Å². The van der Waals surface area contributed by atoms with Crippen molar-refractivity contribution in [1.29, 1.82) is 0 Å². The molecular formula is C10H10N2O4. The number of rotatable bonds is 5. The van der Waals surface area contributed by atoms with Gasteiger partial charge in [0.1, 0.15) is 12.0 Å². The molecule has 16 heavy (non-hydrogen) atoms. The summed E-state index contributed by atoms with van der Waals surface area (Å²) in [5, 5.41) is 11.5. The number of carboxylic acid groups (broad SMARTS) is 1. The second-order valence-electron chi connectivity index (χ2n) is 3.10. The van der Waals surface area contributed by atoms with Crippen LogP contribution in [0.1, 0.15) is 16.2 Å². The summed E-state index contributed by atoms with van der Waals surface area (Å²) in [6.45, 7) is 0.563. The first kappa shape index (κ1) is 10.3. The van der Waals surface area contributed by atoms with Gasteiger partial charge in [-0.1, -0.05) is 0 Å². The minimum Gasteiger partial charge on any atom is -0.476 e. The minimum absolute atomic E-state index is 0.111. The Balaban J connectivity index is 1.83. The van der Waals surface area contributed by atoms with E-state index in [1.54, 1.807) is 6.26 Å². The standard InChI is InChI=1S/C10H10N2O4/c13-9(14)8-6-16-10(12-8)11-4-3-7-2-1-5-15-7/h1-2,5-6H,3-4H2,(H,11,12)(H,13,14). The maximum atomic E-state index is 10.5. The molecule has 0 unspecified atom stereocenters. The van der Waals surface area contributed by atoms with E-state index in [0.29, 0.717) is 13.0 Å². The summed E-state index contributed by atoms with van der Waals surface area (Å²) < 4.78 is 10.0. The number of hydrogen-bond acceptors (Lipinski definition) is 5. The van der Waals surface area contributed by atoms with Gasteiger partial charge in [0.15, 0.2) is 5.69 Å². The molecule has 0 fully saturated rings. The van der Waals surface area contributed by atoms with Crippen molar-refractivity contribution in [2.24, 2.45) is 0 Å². The molecule has 0 saturated heterocycles. The number of carboxylic acids is 1. The van der Waals surface area contributed by atoms with Crippen molar-refractivity contribution >= 4 is 12.0 Å². The van der Waals surface area contributed by atoms with Gasteiger partial charge in [-0.25, -0.2) is 4.79 Å². The molecule has 2 heterocycles. The maximum Gasteiger partial charge on any atom is 0.357 e. The molecule has 6 heteroatoms. The zero-order chi connectivity index (χ0) is 11.4. The zero-order valence-electron chi connectivity index (χ0n) is 8.34. The highest BCUT2D eigenvalue weighted by molar-refractivity contribution is 5.85. The van der Waals surface area contributed by atoms with Gasteiger partial charge in [0.2, 0.25) is 0 Å². The van der Waals surface area contributed by atoms with Gasteiger partial charge in [0, 0.05) is 13.0 Å². The second kappa shape index (κ2) is 4.52. The van der Waals surface area contributed by atoms with Crippen molar-refractivity contribution in [3.05, 3.63) is 36.1 Å². The molecule has 2 aromatic rings. The highest BCUT2D eigenvalue weighted by atomic mass is 16.4. The third kappa shape index (κ3) is 2.41. The number of furan rings is 1. The predicted molar refractivity (Wildman–Crippen MR) is 54.4 cm³/mol. The van der Waals surface area contributed by atoms with Crippen LogP contribution in [-0.2, 0) is 6.42 Å². The van der Waals surface area contributed by atoms with Crippen LogP contribution in [-0.4, -0.2) is 22.6 Å². The molecule has 0 radical (unpaired) electrons. The number of anilines is 1. The molecule has 0 atom stereocenters. The van der Waals surface area contributed by atoms with Gasteiger partial charge in [-0.05, 0) is 12.1 Å². The van der Waals surface area contributed by atoms with Crippen LogP contribution in [0.15, 0.2) is 33.5 Å². The van der Waals surface area contributed by atoms with Crippen molar-refractivity contribution in [2.75, 3.05) is 11.9 Å². The smallest absolute Gasteiger partial charge is 0.357 e. The normalized spacial score (nSPS) is 10.2. The largest absolute Gasteiger partial charge is 0.476 e. The lowest BCUT2D eigenvalue weighted by Gasteiger charge is -1.98. The fraction of sp³-hybridized carbons (Fsp3) is 0.200. The van der Waals surface area contributed by atoms with Crippen molar-refractivity contribution < 1.29 is 18.7 Å². The Morgan fingerprint density at radius 2 is 2.38 bits per heavy atom. The monoisotopic (exact) mass is 222 g/mol. The van der Waals surface area contributed by atoms with Crippen LogP contribution in [0.3, 0.4) is 0 Å². The molecule has 0 aliphatic rings. The Labute approximate surface area is 90.9 Å². The summed E-state index contributed by atoms with van der Waals surface area (Å²) in [6.07, 6.45) is 3.37. The number of aromatic carboxylic acids is 1. The average Bonchev–Trinajstić information content (AvgIpc) is 2.87. The number of aromatic nitrogens is 1. The fourth-order valence-corrected chi connectivity index (χ4v) is 1.20. The lowest BCUT2D eigenvalue weighted by molar-refractivity contribution is 0.0690. The van der Waals surface area contributed by atoms with Crippen LogP contribution < -0.4 is 5.32 Å². The second-order valence-corrected chi connectivity index (χ2v) is 3.10. The van der Waals surface area contributed by atoms with Crippen LogP contribution >= 0.6 is 0 Å². The van der Waals surface area contributed by atoms with E-state index in [2.05, 4.69) is 10.3 Å². The van der Waals surface area contributed by atoms with Crippen LogP contribution in [0.4, 0.5) is 6.01 Å². The molecule has 2 rings (SSSR count). The predicted octanol–water partition coefficient (Wildman–Crippen LogP) is 1.62. The van der Waals surface area contributed by atoms with E-state index in [1.807, 2.05) is 12.1 Å². The van der Waals surface area contributed by atoms with E-state index < -0.39 is 5.97 Å². The van der Waals surface area contributed by atoms with Gasteiger partial charge >= 0.3 is 5.97 Å². The van der Waals surface area contributed by atoms with Gasteiger partial charge < -0.3 is 19.3 Å². The van der Waals surface area contributed by atoms with Crippen molar-refractivity contribution in [1.82, 2.24) is 4.98 Å². The van der Waals surface area contributed by atoms with Crippen LogP contribution in [0.2, 0.25) is 0 Å². The minimum atomic E-state index is -1.11. The van der Waals surface area contributed by atoms with Gasteiger partial charge in [0.05, 0.1) is 6.26 Å².